The van der Waals surface area contributed by atoms with Crippen LogP contribution in [0.3, 0.4) is 0 Å². The Labute approximate surface area is 181 Å². The standard InChI is InChI=1S/C20H24N8O2S/c1-11(13-10-22-18-17(13)20(30)24-12(2)23-18)14-7-8-15(31-14)19(29)21-9-5-3-4-6-16-25-27-28-26-16/h7-8,10-11H,3-6,9H2,1-2H3,(H,21,29)(H2,22,23,24,30)(H,25,26,27,28). The fourth-order valence-electron chi connectivity index (χ4n) is 3.54. The number of aromatic amines is 3. The van der Waals surface area contributed by atoms with Gasteiger partial charge in [0, 0.05) is 30.0 Å². The number of thiophene rings is 1. The number of nitrogens with one attached hydrogen (secondary N) is 4. The summed E-state index contributed by atoms with van der Waals surface area (Å²) >= 11 is 1.45. The Kier molecular flexibility index (Phi) is 6.21. The lowest BCUT2D eigenvalue weighted by atomic mass is 10.0. The van der Waals surface area contributed by atoms with Crippen LogP contribution in [0.5, 0.6) is 0 Å². The average Bonchev–Trinajstić information content (AvgIpc) is 3.50. The van der Waals surface area contributed by atoms with Gasteiger partial charge in [-0.1, -0.05) is 18.6 Å². The number of aryl methyl sites for hydroxylation is 2. The van der Waals surface area contributed by atoms with Gasteiger partial charge < -0.3 is 15.3 Å². The maximum Gasteiger partial charge on any atom is 0.261 e. The van der Waals surface area contributed by atoms with Crippen molar-refractivity contribution in [2.75, 3.05) is 6.54 Å². The molecule has 4 rings (SSSR count). The molecule has 4 N–H and O–H groups in total. The highest BCUT2D eigenvalue weighted by atomic mass is 32.1. The number of aromatic nitrogens is 7. The summed E-state index contributed by atoms with van der Waals surface area (Å²) in [7, 11) is 0. The first-order chi connectivity index (χ1) is 15.0. The molecule has 1 amide bonds. The molecular weight excluding hydrogens is 416 g/mol. The molecule has 10 nitrogen and oxygen atoms in total. The van der Waals surface area contributed by atoms with E-state index in [1.807, 2.05) is 25.3 Å². The van der Waals surface area contributed by atoms with Crippen LogP contribution < -0.4 is 10.9 Å². The van der Waals surface area contributed by atoms with Gasteiger partial charge in [-0.2, -0.15) is 5.21 Å². The average molecular weight is 441 g/mol. The lowest BCUT2D eigenvalue weighted by Gasteiger charge is -2.08. The van der Waals surface area contributed by atoms with Gasteiger partial charge in [-0.15, -0.1) is 21.5 Å². The summed E-state index contributed by atoms with van der Waals surface area (Å²) in [6.07, 6.45) is 5.43. The molecule has 31 heavy (non-hydrogen) atoms. The summed E-state index contributed by atoms with van der Waals surface area (Å²) in [5.41, 5.74) is 1.30. The molecule has 0 saturated heterocycles. The van der Waals surface area contributed by atoms with Gasteiger partial charge in [0.05, 0.1) is 10.3 Å². The zero-order valence-corrected chi connectivity index (χ0v) is 18.2. The number of tetrazole rings is 1. The fourth-order valence-corrected chi connectivity index (χ4v) is 4.54. The minimum absolute atomic E-state index is 0.0314. The molecule has 4 aromatic heterocycles. The van der Waals surface area contributed by atoms with Gasteiger partial charge in [0.25, 0.3) is 11.5 Å². The third kappa shape index (κ3) is 4.71. The summed E-state index contributed by atoms with van der Waals surface area (Å²) < 4.78 is 0. The minimum atomic E-state index is -0.153. The fraction of sp³-hybridized carbons (Fsp3) is 0.400. The first-order valence-electron chi connectivity index (χ1n) is 10.2. The van der Waals surface area contributed by atoms with Gasteiger partial charge in [0.1, 0.15) is 11.5 Å². The molecule has 1 unspecified atom stereocenters. The molecule has 0 aliphatic rings. The van der Waals surface area contributed by atoms with Crippen molar-refractivity contribution in [3.05, 3.63) is 55.6 Å². The first kappa shape index (κ1) is 20.9. The Balaban J connectivity index is 1.32. The van der Waals surface area contributed by atoms with E-state index in [0.29, 0.717) is 34.1 Å². The van der Waals surface area contributed by atoms with Crippen molar-refractivity contribution in [3.63, 3.8) is 0 Å². The number of nitrogens with zero attached hydrogens (tertiary/aromatic N) is 4. The van der Waals surface area contributed by atoms with E-state index in [9.17, 15) is 9.59 Å². The van der Waals surface area contributed by atoms with E-state index in [4.69, 9.17) is 0 Å². The Morgan fingerprint density at radius 3 is 2.94 bits per heavy atom. The Morgan fingerprint density at radius 2 is 2.13 bits per heavy atom. The van der Waals surface area contributed by atoms with Gasteiger partial charge in [0.2, 0.25) is 0 Å². The van der Waals surface area contributed by atoms with Crippen molar-refractivity contribution < 1.29 is 4.79 Å². The summed E-state index contributed by atoms with van der Waals surface area (Å²) in [5, 5.41) is 17.4. The molecule has 0 aliphatic carbocycles. The Hall–Kier alpha value is -3.34. The topological polar surface area (TPSA) is 145 Å². The number of H-pyrrole nitrogens is 3. The van der Waals surface area contributed by atoms with Gasteiger partial charge in [-0.25, -0.2) is 4.98 Å². The van der Waals surface area contributed by atoms with Crippen LogP contribution in [0.1, 0.15) is 63.9 Å². The monoisotopic (exact) mass is 440 g/mol. The highest BCUT2D eigenvalue weighted by Gasteiger charge is 2.19. The van der Waals surface area contributed by atoms with Gasteiger partial charge in [-0.05, 0) is 37.5 Å². The molecule has 0 saturated carbocycles. The smallest absolute Gasteiger partial charge is 0.261 e. The van der Waals surface area contributed by atoms with E-state index in [0.717, 1.165) is 36.1 Å². The molecule has 0 aliphatic heterocycles. The van der Waals surface area contributed by atoms with Crippen LogP contribution in [0.25, 0.3) is 11.0 Å². The van der Waals surface area contributed by atoms with Crippen molar-refractivity contribution >= 4 is 28.3 Å². The number of carbonyl (C=O) groups excluding carboxylic acids is 1. The lowest BCUT2D eigenvalue weighted by Crippen LogP contribution is -2.23. The van der Waals surface area contributed by atoms with E-state index in [-0.39, 0.29) is 17.4 Å². The number of carbonyl (C=O) groups is 1. The highest BCUT2D eigenvalue weighted by molar-refractivity contribution is 7.14. The van der Waals surface area contributed by atoms with Crippen LogP contribution in [0.4, 0.5) is 0 Å². The maximum absolute atomic E-state index is 12.5. The summed E-state index contributed by atoms with van der Waals surface area (Å²) in [6.45, 7) is 4.40. The van der Waals surface area contributed by atoms with Crippen LogP contribution in [-0.4, -0.2) is 48.0 Å². The summed E-state index contributed by atoms with van der Waals surface area (Å²) in [5.74, 6) is 1.18. The van der Waals surface area contributed by atoms with Crippen LogP contribution in [0.15, 0.2) is 23.1 Å². The van der Waals surface area contributed by atoms with E-state index < -0.39 is 0 Å². The van der Waals surface area contributed by atoms with Crippen LogP contribution in [-0.2, 0) is 6.42 Å². The number of unbranched alkanes of at least 4 members (excludes halogenated alkanes) is 2. The van der Waals surface area contributed by atoms with E-state index in [1.165, 1.54) is 11.3 Å². The van der Waals surface area contributed by atoms with Gasteiger partial charge in [-0.3, -0.25) is 9.59 Å². The third-order valence-corrected chi connectivity index (χ3v) is 6.45. The van der Waals surface area contributed by atoms with E-state index in [1.54, 1.807) is 6.92 Å². The largest absolute Gasteiger partial charge is 0.351 e. The quantitative estimate of drug-likeness (QED) is 0.294. The number of fused-ring (bicyclic) bond motifs is 1. The first-order valence-corrected chi connectivity index (χ1v) is 11.0. The van der Waals surface area contributed by atoms with Crippen LogP contribution in [0, 0.1) is 6.92 Å². The molecule has 0 spiro atoms. The molecule has 4 heterocycles. The van der Waals surface area contributed by atoms with E-state index in [2.05, 4.69) is 40.9 Å². The Morgan fingerprint density at radius 1 is 1.26 bits per heavy atom. The second-order valence-electron chi connectivity index (χ2n) is 7.44. The normalized spacial score (nSPS) is 12.3. The minimum Gasteiger partial charge on any atom is -0.351 e. The molecule has 0 aromatic carbocycles. The van der Waals surface area contributed by atoms with Crippen LogP contribution >= 0.6 is 11.3 Å². The number of hydrogen-bond acceptors (Lipinski definition) is 7. The zero-order valence-electron chi connectivity index (χ0n) is 17.4. The molecule has 0 bridgehead atoms. The van der Waals surface area contributed by atoms with Crippen molar-refractivity contribution in [1.82, 2.24) is 40.9 Å². The third-order valence-electron chi connectivity index (χ3n) is 5.19. The lowest BCUT2D eigenvalue weighted by molar-refractivity contribution is 0.0957. The van der Waals surface area contributed by atoms with Crippen molar-refractivity contribution in [2.24, 2.45) is 0 Å². The van der Waals surface area contributed by atoms with Crippen molar-refractivity contribution in [3.8, 4) is 0 Å². The number of rotatable bonds is 9. The maximum atomic E-state index is 12.5. The second kappa shape index (κ2) is 9.21. The van der Waals surface area contributed by atoms with Gasteiger partial charge in [0.15, 0.2) is 5.82 Å². The predicted molar refractivity (Wildman–Crippen MR) is 117 cm³/mol. The predicted octanol–water partition coefficient (Wildman–Crippen LogP) is 2.43. The highest BCUT2D eigenvalue weighted by Crippen LogP contribution is 2.32. The second-order valence-corrected chi connectivity index (χ2v) is 8.55. The molecule has 4 aromatic rings. The molecule has 0 radical (unpaired) electrons. The molecule has 162 valence electrons. The number of hydrogen-bond donors (Lipinski definition) is 4. The molecule has 11 heteroatoms. The SMILES string of the molecule is Cc1nc2[nH]cc(C(C)c3ccc(C(=O)NCCCCCc4nn[nH]n4)s3)c2c(=O)[nH]1. The van der Waals surface area contributed by atoms with Crippen molar-refractivity contribution in [1.29, 1.82) is 0 Å². The summed E-state index contributed by atoms with van der Waals surface area (Å²) in [6, 6.07) is 3.79. The van der Waals surface area contributed by atoms with Crippen LogP contribution in [0.2, 0.25) is 0 Å². The Bertz CT molecular complexity index is 1220. The molecule has 0 fully saturated rings. The van der Waals surface area contributed by atoms with E-state index >= 15 is 0 Å². The molecular formula is C20H24N8O2S. The van der Waals surface area contributed by atoms with Gasteiger partial charge >= 0.3 is 0 Å². The van der Waals surface area contributed by atoms with Crippen molar-refractivity contribution in [2.45, 2.75) is 45.4 Å². The summed E-state index contributed by atoms with van der Waals surface area (Å²) in [4.78, 5) is 36.8. The molecule has 1 atom stereocenters. The zero-order chi connectivity index (χ0) is 21.8. The number of amides is 1.